The van der Waals surface area contributed by atoms with E-state index in [1.54, 1.807) is 6.07 Å². The Morgan fingerprint density at radius 2 is 1.90 bits per heavy atom. The molecule has 0 radical (unpaired) electrons. The number of anilines is 2. The molecule has 1 aromatic carbocycles. The maximum Gasteiger partial charge on any atom is 0.490 e. The van der Waals surface area contributed by atoms with E-state index in [0.29, 0.717) is 5.69 Å². The number of aromatic amines is 1. The first-order valence-electron chi connectivity index (χ1n) is 11.1. The lowest BCUT2D eigenvalue weighted by Crippen LogP contribution is -2.48. The van der Waals surface area contributed by atoms with Gasteiger partial charge < -0.3 is 40.5 Å². The van der Waals surface area contributed by atoms with Gasteiger partial charge in [0, 0.05) is 24.7 Å². The highest BCUT2D eigenvalue weighted by Crippen LogP contribution is 2.66. The third-order valence-electron chi connectivity index (χ3n) is 5.74. The summed E-state index contributed by atoms with van der Waals surface area (Å²) in [6, 6.07) is 6.04. The van der Waals surface area contributed by atoms with Crippen LogP contribution in [0.3, 0.4) is 0 Å². The van der Waals surface area contributed by atoms with Crippen LogP contribution in [0.4, 0.5) is 11.6 Å². The van der Waals surface area contributed by atoms with E-state index >= 15 is 0 Å². The number of phosphoric acid groups is 3. The number of H-pyrrole nitrogens is 1. The number of ether oxygens (including phenoxy) is 1. The number of nitrogens with zero attached hydrogens (tertiary/aromatic N) is 3. The van der Waals surface area contributed by atoms with Crippen LogP contribution in [0.1, 0.15) is 23.0 Å². The molecule has 0 aliphatic carbocycles. The molecule has 5 atom stereocenters. The fraction of sp³-hybridized carbons (Fsp3) is 0.333. The smallest absolute Gasteiger partial charge is 0.388 e. The highest BCUT2D eigenvalue weighted by atomic mass is 31.3. The Kier molecular flexibility index (Phi) is 8.43. The number of nitrogens with one attached hydrogen (secondary N) is 2. The summed E-state index contributed by atoms with van der Waals surface area (Å²) in [4.78, 5) is 72.7. The van der Waals surface area contributed by atoms with Gasteiger partial charge in [0.25, 0.3) is 5.56 Å². The number of carbonyl (C=O) groups excluding carboxylic acids is 1. The van der Waals surface area contributed by atoms with Gasteiger partial charge in [-0.2, -0.15) is 13.6 Å². The third kappa shape index (κ3) is 6.81. The van der Waals surface area contributed by atoms with Crippen LogP contribution >= 0.6 is 23.5 Å². The molecule has 1 aliphatic heterocycles. The summed E-state index contributed by atoms with van der Waals surface area (Å²) in [5, 5.41) is 14.4. The van der Waals surface area contributed by atoms with E-state index in [1.165, 1.54) is 29.8 Å². The highest BCUT2D eigenvalue weighted by Gasteiger charge is 2.55. The number of rotatable bonds is 11. The second-order valence-corrected chi connectivity index (χ2v) is 12.9. The molecular weight excluding hydrogens is 617 g/mol. The minimum Gasteiger partial charge on any atom is -0.388 e. The average molecular weight is 640 g/mol. The number of nitrogens with two attached hydrogens (primary N) is 1. The summed E-state index contributed by atoms with van der Waals surface area (Å²) < 4.78 is 53.8. The molecule has 0 saturated carbocycles. The van der Waals surface area contributed by atoms with E-state index in [0.717, 1.165) is 6.33 Å². The number of hydrogen-bond acceptors (Lipinski definition) is 14. The summed E-state index contributed by atoms with van der Waals surface area (Å²) in [6.07, 6.45) is -2.51. The number of aromatic nitrogens is 4. The van der Waals surface area contributed by atoms with Gasteiger partial charge >= 0.3 is 23.5 Å². The van der Waals surface area contributed by atoms with Gasteiger partial charge in [-0.1, -0.05) is 12.1 Å². The fourth-order valence-electron chi connectivity index (χ4n) is 4.08. The summed E-state index contributed by atoms with van der Waals surface area (Å²) in [7, 11) is -15.6. The molecular formula is C18H23N6O14P3. The van der Waals surface area contributed by atoms with Crippen molar-refractivity contribution in [2.75, 3.05) is 24.7 Å². The van der Waals surface area contributed by atoms with Crippen LogP contribution in [0.5, 0.6) is 0 Å². The number of fused-ring (bicyclic) bond motifs is 1. The van der Waals surface area contributed by atoms with Crippen molar-refractivity contribution in [3.8, 4) is 0 Å². The zero-order valence-electron chi connectivity index (χ0n) is 20.6. The third-order valence-corrected chi connectivity index (χ3v) is 9.54. The van der Waals surface area contributed by atoms with Gasteiger partial charge in [-0.3, -0.25) is 23.7 Å². The summed E-state index contributed by atoms with van der Waals surface area (Å²) in [6.45, 7) is -1.15. The van der Waals surface area contributed by atoms with Crippen LogP contribution in [-0.4, -0.2) is 75.3 Å². The van der Waals surface area contributed by atoms with Crippen LogP contribution < -0.4 is 16.6 Å². The van der Waals surface area contributed by atoms with Crippen molar-refractivity contribution in [3.05, 3.63) is 46.5 Å². The molecule has 0 amide bonds. The monoisotopic (exact) mass is 640 g/mol. The largest absolute Gasteiger partial charge is 0.490 e. The number of hydrogen-bond donors (Lipinski definition) is 8. The van der Waals surface area contributed by atoms with Crippen molar-refractivity contribution in [2.45, 2.75) is 24.4 Å². The number of para-hydroxylation sites is 1. The fourth-order valence-corrected chi connectivity index (χ4v) is 7.10. The molecule has 20 nitrogen and oxygen atoms in total. The summed E-state index contributed by atoms with van der Waals surface area (Å²) in [5.74, 6) is -1.21. The standard InChI is InChI=1S/C18H23N6O14P3/c1-20-10-5-3-2-4-9(10)14(25)18(27)6-12(24-8-21-13-15(24)22-17(19)23-16(13)26)36-11(18)7-35-40(31,32)38-41(33,34)37-39(28,29)30/h2-5,8,11-12,20,27H,6-7H2,1H3,(H,31,32)(H,33,34)(H2,28,29,30)(H3,19,22,23,26)/t11-,12-,18+/m1/s1. The van der Waals surface area contributed by atoms with Gasteiger partial charge in [-0.15, -0.1) is 0 Å². The van der Waals surface area contributed by atoms with Crippen molar-refractivity contribution < 1.29 is 61.1 Å². The van der Waals surface area contributed by atoms with Gasteiger partial charge in [-0.05, 0) is 12.1 Å². The Morgan fingerprint density at radius 3 is 2.56 bits per heavy atom. The molecule has 3 heterocycles. The number of aliphatic hydroxyl groups is 1. The number of phosphoric ester groups is 1. The van der Waals surface area contributed by atoms with E-state index in [-0.39, 0.29) is 22.7 Å². The second kappa shape index (κ2) is 11.1. The highest BCUT2D eigenvalue weighted by molar-refractivity contribution is 7.66. The molecule has 3 aromatic rings. The van der Waals surface area contributed by atoms with Crippen molar-refractivity contribution >= 4 is 52.1 Å². The number of benzene rings is 1. The Hall–Kier alpha value is -2.83. The molecule has 224 valence electrons. The molecule has 1 aliphatic rings. The number of ketones is 1. The van der Waals surface area contributed by atoms with Gasteiger partial charge in [0.15, 0.2) is 22.5 Å². The van der Waals surface area contributed by atoms with Crippen LogP contribution in [0, 0.1) is 0 Å². The predicted octanol–water partition coefficient (Wildman–Crippen LogP) is -0.0117. The average Bonchev–Trinajstić information content (AvgIpc) is 3.41. The number of imidazole rings is 1. The maximum atomic E-state index is 13.7. The van der Waals surface area contributed by atoms with E-state index in [1.807, 2.05) is 0 Å². The van der Waals surface area contributed by atoms with E-state index in [4.69, 9.17) is 20.3 Å². The lowest BCUT2D eigenvalue weighted by Gasteiger charge is -2.28. The first-order valence-corrected chi connectivity index (χ1v) is 15.7. The number of Topliss-reactive ketones (excluding diaryl/α,β-unsaturated/α-hetero) is 1. The molecule has 9 N–H and O–H groups in total. The Morgan fingerprint density at radius 1 is 1.22 bits per heavy atom. The van der Waals surface area contributed by atoms with Crippen LogP contribution in [0.15, 0.2) is 35.4 Å². The van der Waals surface area contributed by atoms with Gasteiger partial charge in [-0.25, -0.2) is 18.7 Å². The first kappa shape index (κ1) is 31.1. The van der Waals surface area contributed by atoms with Gasteiger partial charge in [0.05, 0.1) is 12.9 Å². The number of carbonyl (C=O) groups is 1. The lowest BCUT2D eigenvalue weighted by molar-refractivity contribution is -0.0662. The van der Waals surface area contributed by atoms with Crippen molar-refractivity contribution in [1.29, 1.82) is 0 Å². The van der Waals surface area contributed by atoms with Crippen LogP contribution in [0.25, 0.3) is 11.2 Å². The quantitative estimate of drug-likeness (QED) is 0.101. The summed E-state index contributed by atoms with van der Waals surface area (Å²) in [5.41, 5.74) is 2.46. The van der Waals surface area contributed by atoms with Crippen LogP contribution in [-0.2, 0) is 31.6 Å². The zero-order valence-corrected chi connectivity index (χ0v) is 23.3. The molecule has 2 aromatic heterocycles. The molecule has 2 unspecified atom stereocenters. The maximum absolute atomic E-state index is 13.7. The minimum atomic E-state index is -5.84. The van der Waals surface area contributed by atoms with Gasteiger partial charge in [0.1, 0.15) is 12.3 Å². The Labute approximate surface area is 228 Å². The Balaban J connectivity index is 1.68. The minimum absolute atomic E-state index is 0.0145. The van der Waals surface area contributed by atoms with Crippen LogP contribution in [0.2, 0.25) is 0 Å². The van der Waals surface area contributed by atoms with E-state index in [2.05, 4.69) is 33.4 Å². The second-order valence-electron chi connectivity index (χ2n) is 8.49. The zero-order chi connectivity index (χ0) is 30.4. The molecule has 0 spiro atoms. The topological polar surface area (TPSA) is 308 Å². The molecule has 1 fully saturated rings. The molecule has 1 saturated heterocycles. The first-order chi connectivity index (χ1) is 18.9. The van der Waals surface area contributed by atoms with Gasteiger partial charge in [0.2, 0.25) is 5.95 Å². The van der Waals surface area contributed by atoms with E-state index < -0.39 is 65.8 Å². The molecule has 0 bridgehead atoms. The Bertz CT molecular complexity index is 1690. The van der Waals surface area contributed by atoms with E-state index in [9.17, 15) is 38.2 Å². The van der Waals surface area contributed by atoms with Crippen molar-refractivity contribution in [3.63, 3.8) is 0 Å². The molecule has 23 heteroatoms. The lowest BCUT2D eigenvalue weighted by atomic mass is 9.85. The normalized spacial score (nSPS) is 24.1. The molecule has 4 rings (SSSR count). The predicted molar refractivity (Wildman–Crippen MR) is 136 cm³/mol. The number of nitrogen functional groups attached to an aromatic ring is 1. The molecule has 41 heavy (non-hydrogen) atoms. The SMILES string of the molecule is CNc1ccccc1C(=O)[C@]1(O)C[C@H](n2cnc3c(=O)[nH]c(N)nc32)O[C@@H]1COP(=O)(O)OP(=O)(O)OP(=O)(O)O. The van der Waals surface area contributed by atoms with Crippen molar-refractivity contribution in [1.82, 2.24) is 19.5 Å². The summed E-state index contributed by atoms with van der Waals surface area (Å²) >= 11 is 0. The van der Waals surface area contributed by atoms with Crippen molar-refractivity contribution in [2.24, 2.45) is 0 Å².